The second kappa shape index (κ2) is 8.01. The van der Waals surface area contributed by atoms with Crippen LogP contribution in [0.4, 0.5) is 30.8 Å². The van der Waals surface area contributed by atoms with E-state index in [2.05, 4.69) is 15.3 Å². The minimum absolute atomic E-state index is 0.0317. The number of ether oxygens (including phenoxy) is 1. The molecule has 5 rings (SSSR count). The van der Waals surface area contributed by atoms with Crippen molar-refractivity contribution in [2.75, 3.05) is 41.9 Å². The SMILES string of the molecule is CNc1ccc(C(=O)CN2c3nc(N4C[C@@H]5CC4CO5)cc(=O)n3CC[C@H]2C(F)(F)F)cn1. The van der Waals surface area contributed by atoms with Gasteiger partial charge in [0.25, 0.3) is 5.56 Å². The van der Waals surface area contributed by atoms with E-state index in [1.165, 1.54) is 22.9 Å². The van der Waals surface area contributed by atoms with Gasteiger partial charge < -0.3 is 19.9 Å². The van der Waals surface area contributed by atoms with E-state index in [1.807, 2.05) is 4.90 Å². The number of hydrogen-bond donors (Lipinski definition) is 1. The molecule has 2 fully saturated rings. The van der Waals surface area contributed by atoms with Gasteiger partial charge in [0.1, 0.15) is 17.7 Å². The zero-order chi connectivity index (χ0) is 23.3. The third-order valence-corrected chi connectivity index (χ3v) is 6.46. The summed E-state index contributed by atoms with van der Waals surface area (Å²) in [4.78, 5) is 37.1. The maximum atomic E-state index is 13.9. The number of nitrogens with one attached hydrogen (secondary N) is 1. The van der Waals surface area contributed by atoms with Crippen molar-refractivity contribution in [3.63, 3.8) is 0 Å². The van der Waals surface area contributed by atoms with Crippen LogP contribution in [0, 0.1) is 0 Å². The molecule has 0 amide bonds. The fraction of sp³-hybridized carbons (Fsp3) is 0.524. The average Bonchev–Trinajstić information content (AvgIpc) is 3.42. The Morgan fingerprint density at radius 2 is 2.15 bits per heavy atom. The molecule has 3 aliphatic heterocycles. The van der Waals surface area contributed by atoms with E-state index in [1.54, 1.807) is 13.1 Å². The molecule has 33 heavy (non-hydrogen) atoms. The highest BCUT2D eigenvalue weighted by molar-refractivity contribution is 5.99. The van der Waals surface area contributed by atoms with Crippen LogP contribution in [0.25, 0.3) is 0 Å². The van der Waals surface area contributed by atoms with Crippen molar-refractivity contribution in [1.82, 2.24) is 14.5 Å². The van der Waals surface area contributed by atoms with Crippen molar-refractivity contribution >= 4 is 23.4 Å². The van der Waals surface area contributed by atoms with E-state index in [0.29, 0.717) is 24.8 Å². The molecule has 2 bridgehead atoms. The molecular weight excluding hydrogens is 441 g/mol. The number of halogens is 3. The molecule has 1 unspecified atom stereocenters. The lowest BCUT2D eigenvalue weighted by atomic mass is 10.1. The molecule has 0 aromatic carbocycles. The zero-order valence-corrected chi connectivity index (χ0v) is 17.9. The summed E-state index contributed by atoms with van der Waals surface area (Å²) in [5.74, 6) is 0.177. The summed E-state index contributed by atoms with van der Waals surface area (Å²) in [7, 11) is 1.67. The lowest BCUT2D eigenvalue weighted by Gasteiger charge is -2.39. The number of nitrogens with zero attached hydrogens (tertiary/aromatic N) is 5. The maximum absolute atomic E-state index is 13.9. The summed E-state index contributed by atoms with van der Waals surface area (Å²) in [5.41, 5.74) is -0.253. The van der Waals surface area contributed by atoms with E-state index in [4.69, 9.17) is 4.74 Å². The van der Waals surface area contributed by atoms with Gasteiger partial charge in [-0.1, -0.05) is 0 Å². The summed E-state index contributed by atoms with van der Waals surface area (Å²) < 4.78 is 48.6. The lowest BCUT2D eigenvalue weighted by molar-refractivity contribution is -0.152. The number of ketones is 1. The summed E-state index contributed by atoms with van der Waals surface area (Å²) in [6.45, 7) is 0.332. The highest BCUT2D eigenvalue weighted by Crippen LogP contribution is 2.36. The number of alkyl halides is 3. The van der Waals surface area contributed by atoms with Crippen LogP contribution >= 0.6 is 0 Å². The maximum Gasteiger partial charge on any atom is 0.408 e. The zero-order valence-electron chi connectivity index (χ0n) is 17.9. The Morgan fingerprint density at radius 3 is 2.76 bits per heavy atom. The molecule has 1 N–H and O–H groups in total. The van der Waals surface area contributed by atoms with Gasteiger partial charge in [0.2, 0.25) is 5.95 Å². The van der Waals surface area contributed by atoms with E-state index in [0.717, 1.165) is 11.3 Å². The minimum atomic E-state index is -4.59. The van der Waals surface area contributed by atoms with Crippen molar-refractivity contribution < 1.29 is 22.7 Å². The first kappa shape index (κ1) is 21.7. The number of hydrogen-bond acceptors (Lipinski definition) is 8. The number of aromatic nitrogens is 3. The van der Waals surface area contributed by atoms with Gasteiger partial charge in [-0.25, -0.2) is 4.98 Å². The van der Waals surface area contributed by atoms with E-state index < -0.39 is 30.1 Å². The molecule has 3 aliphatic rings. The number of anilines is 3. The van der Waals surface area contributed by atoms with Crippen molar-refractivity contribution in [3.05, 3.63) is 40.3 Å². The van der Waals surface area contributed by atoms with E-state index in [-0.39, 0.29) is 36.6 Å². The highest BCUT2D eigenvalue weighted by Gasteiger charge is 2.48. The molecule has 0 saturated carbocycles. The van der Waals surface area contributed by atoms with Crippen LogP contribution in [-0.2, 0) is 11.3 Å². The van der Waals surface area contributed by atoms with Crippen molar-refractivity contribution in [2.45, 2.75) is 43.8 Å². The second-order valence-corrected chi connectivity index (χ2v) is 8.48. The number of morpholine rings is 1. The van der Waals surface area contributed by atoms with Gasteiger partial charge in [0, 0.05) is 38.0 Å². The number of rotatable bonds is 5. The Bertz CT molecular complexity index is 1120. The number of carbonyl (C=O) groups excluding carboxylic acids is 1. The second-order valence-electron chi connectivity index (χ2n) is 8.48. The van der Waals surface area contributed by atoms with Crippen LogP contribution < -0.4 is 20.7 Å². The lowest BCUT2D eigenvalue weighted by Crippen LogP contribution is -2.54. The monoisotopic (exact) mass is 464 g/mol. The van der Waals surface area contributed by atoms with Crippen LogP contribution in [0.1, 0.15) is 23.2 Å². The van der Waals surface area contributed by atoms with Crippen LogP contribution in [-0.4, -0.2) is 71.4 Å². The number of fused-ring (bicyclic) bond motifs is 3. The molecule has 2 aromatic heterocycles. The predicted octanol–water partition coefficient (Wildman–Crippen LogP) is 1.68. The molecule has 176 valence electrons. The normalized spacial score (nSPS) is 24.2. The van der Waals surface area contributed by atoms with Crippen LogP contribution in [0.2, 0.25) is 0 Å². The highest BCUT2D eigenvalue weighted by atomic mass is 19.4. The molecular formula is C21H23F3N6O3. The van der Waals surface area contributed by atoms with Gasteiger partial charge in [-0.3, -0.25) is 14.2 Å². The van der Waals surface area contributed by atoms with Gasteiger partial charge in [-0.2, -0.15) is 18.2 Å². The smallest absolute Gasteiger partial charge is 0.374 e. The molecule has 12 heteroatoms. The Kier molecular flexibility index (Phi) is 5.26. The largest absolute Gasteiger partial charge is 0.408 e. The van der Waals surface area contributed by atoms with Crippen molar-refractivity contribution in [3.8, 4) is 0 Å². The third kappa shape index (κ3) is 3.92. The van der Waals surface area contributed by atoms with Gasteiger partial charge in [0.05, 0.1) is 25.3 Å². The van der Waals surface area contributed by atoms with Crippen molar-refractivity contribution in [1.29, 1.82) is 0 Å². The Labute approximate surface area is 187 Å². The van der Waals surface area contributed by atoms with Gasteiger partial charge in [-0.15, -0.1) is 0 Å². The Balaban J connectivity index is 1.51. The molecule has 5 heterocycles. The fourth-order valence-corrected chi connectivity index (χ4v) is 4.76. The Morgan fingerprint density at radius 1 is 1.33 bits per heavy atom. The van der Waals surface area contributed by atoms with E-state index in [9.17, 15) is 22.8 Å². The number of Topliss-reactive ketones (excluding diaryl/α,β-unsaturated/α-hetero) is 1. The summed E-state index contributed by atoms with van der Waals surface area (Å²) in [6, 6.07) is 2.55. The first-order valence-electron chi connectivity index (χ1n) is 10.7. The Hall–Kier alpha value is -3.15. The summed E-state index contributed by atoms with van der Waals surface area (Å²) in [6.07, 6.45) is -2.79. The molecule has 0 aliphatic carbocycles. The van der Waals surface area contributed by atoms with Gasteiger partial charge in [-0.05, 0) is 25.0 Å². The van der Waals surface area contributed by atoms with Crippen molar-refractivity contribution in [2.24, 2.45) is 0 Å². The molecule has 2 saturated heterocycles. The van der Waals surface area contributed by atoms with E-state index >= 15 is 0 Å². The average molecular weight is 464 g/mol. The summed E-state index contributed by atoms with van der Waals surface area (Å²) >= 11 is 0. The fourth-order valence-electron chi connectivity index (χ4n) is 4.76. The van der Waals surface area contributed by atoms with Gasteiger partial charge >= 0.3 is 6.18 Å². The van der Waals surface area contributed by atoms with Crippen LogP contribution in [0.15, 0.2) is 29.2 Å². The number of pyridine rings is 1. The van der Waals surface area contributed by atoms with Crippen LogP contribution in [0.5, 0.6) is 0 Å². The minimum Gasteiger partial charge on any atom is -0.374 e. The quantitative estimate of drug-likeness (QED) is 0.669. The molecule has 0 spiro atoms. The molecule has 9 nitrogen and oxygen atoms in total. The molecule has 0 radical (unpaired) electrons. The first-order chi connectivity index (χ1) is 15.7. The number of carbonyl (C=O) groups is 1. The first-order valence-corrected chi connectivity index (χ1v) is 10.7. The molecule has 2 aromatic rings. The third-order valence-electron chi connectivity index (χ3n) is 6.46. The van der Waals surface area contributed by atoms with Crippen LogP contribution in [0.3, 0.4) is 0 Å². The predicted molar refractivity (Wildman–Crippen MR) is 114 cm³/mol. The van der Waals surface area contributed by atoms with Gasteiger partial charge in [0.15, 0.2) is 5.78 Å². The standard InChI is InChI=1S/C21H23F3N6O3/c1-25-17-3-2-12(8-26-17)15(31)10-30-16(21(22,23)24)4-5-28-19(32)7-18(27-20(28)30)29-9-14-6-13(29)11-33-14/h2-3,7-8,13-14,16H,4-6,9-11H2,1H3,(H,25,26)/t13?,14-,16-/m0/s1. The summed E-state index contributed by atoms with van der Waals surface area (Å²) in [5, 5.41) is 2.82. The topological polar surface area (TPSA) is 92.6 Å². The molecule has 3 atom stereocenters.